The molecule has 4 aromatic rings. The van der Waals surface area contributed by atoms with Gasteiger partial charge in [-0.05, 0) is 55.6 Å². The molecule has 0 aliphatic carbocycles. The third kappa shape index (κ3) is 2.61. The molecular formula is C18H14S4. The molecule has 0 radical (unpaired) electrons. The van der Waals surface area contributed by atoms with Crippen LogP contribution in [0.5, 0.6) is 0 Å². The standard InChI is InChI=1S/C18H14S4/c1-11-5-7-14(20-11)13-10-17(15-4-3-9-19-15)22-18(13)16-8-6-12(2)21-16/h3-10H,1-2H3. The normalized spacial score (nSPS) is 11.2. The SMILES string of the molecule is Cc1ccc(-c2cc(-c3cccs3)sc2-c2ccc(C)s2)s1. The maximum Gasteiger partial charge on any atom is 0.0536 e. The van der Waals surface area contributed by atoms with Crippen molar-refractivity contribution >= 4 is 45.3 Å². The number of aryl methyl sites for hydroxylation is 2. The van der Waals surface area contributed by atoms with E-state index in [1.807, 2.05) is 45.3 Å². The highest BCUT2D eigenvalue weighted by Crippen LogP contribution is 2.47. The second-order valence-corrected chi connectivity index (χ2v) is 9.73. The summed E-state index contributed by atoms with van der Waals surface area (Å²) >= 11 is 7.50. The fourth-order valence-corrected chi connectivity index (χ4v) is 6.38. The molecule has 4 rings (SSSR count). The lowest BCUT2D eigenvalue weighted by Gasteiger charge is -1.98. The molecule has 0 atom stereocenters. The molecule has 0 fully saturated rings. The van der Waals surface area contributed by atoms with Gasteiger partial charge in [-0.2, -0.15) is 0 Å². The molecule has 0 N–H and O–H groups in total. The molecule has 0 saturated heterocycles. The second-order valence-electron chi connectivity index (χ2n) is 5.15. The monoisotopic (exact) mass is 358 g/mol. The minimum Gasteiger partial charge on any atom is -0.143 e. The predicted octanol–water partition coefficient (Wildman–Crippen LogP) is 7.55. The maximum absolute atomic E-state index is 2.37. The summed E-state index contributed by atoms with van der Waals surface area (Å²) in [4.78, 5) is 9.63. The molecule has 0 bridgehead atoms. The second kappa shape index (κ2) is 5.78. The summed E-state index contributed by atoms with van der Waals surface area (Å²) in [6.45, 7) is 4.35. The van der Waals surface area contributed by atoms with Crippen molar-refractivity contribution in [2.24, 2.45) is 0 Å². The lowest BCUT2D eigenvalue weighted by molar-refractivity contribution is 1.64. The Labute approximate surface area is 146 Å². The average molecular weight is 359 g/mol. The van der Waals surface area contributed by atoms with E-state index in [2.05, 4.69) is 61.7 Å². The van der Waals surface area contributed by atoms with Gasteiger partial charge >= 0.3 is 0 Å². The van der Waals surface area contributed by atoms with Crippen molar-refractivity contribution in [1.29, 1.82) is 0 Å². The van der Waals surface area contributed by atoms with E-state index in [1.54, 1.807) is 0 Å². The van der Waals surface area contributed by atoms with Crippen molar-refractivity contribution in [2.75, 3.05) is 0 Å². The van der Waals surface area contributed by atoms with Crippen molar-refractivity contribution in [1.82, 2.24) is 0 Å². The minimum atomic E-state index is 1.36. The Bertz CT molecular complexity index is 845. The van der Waals surface area contributed by atoms with E-state index in [-0.39, 0.29) is 0 Å². The summed E-state index contributed by atoms with van der Waals surface area (Å²) in [7, 11) is 0. The molecule has 0 unspecified atom stereocenters. The van der Waals surface area contributed by atoms with Gasteiger partial charge in [-0.25, -0.2) is 0 Å². The summed E-state index contributed by atoms with van der Waals surface area (Å²) in [5.74, 6) is 0. The van der Waals surface area contributed by atoms with E-state index in [4.69, 9.17) is 0 Å². The van der Waals surface area contributed by atoms with E-state index in [1.165, 1.54) is 39.7 Å². The Balaban J connectivity index is 1.91. The molecule has 0 aliphatic rings. The molecule has 0 aliphatic heterocycles. The topological polar surface area (TPSA) is 0 Å². The minimum absolute atomic E-state index is 1.36. The van der Waals surface area contributed by atoms with Crippen LogP contribution in [0.4, 0.5) is 0 Å². The first-order chi connectivity index (χ1) is 10.7. The lowest BCUT2D eigenvalue weighted by Crippen LogP contribution is -1.70. The molecule has 0 nitrogen and oxygen atoms in total. The molecule has 0 spiro atoms. The van der Waals surface area contributed by atoms with Crippen molar-refractivity contribution < 1.29 is 0 Å². The van der Waals surface area contributed by atoms with Gasteiger partial charge in [0.25, 0.3) is 0 Å². The van der Waals surface area contributed by atoms with Gasteiger partial charge < -0.3 is 0 Å². The lowest BCUT2D eigenvalue weighted by atomic mass is 10.2. The van der Waals surface area contributed by atoms with Crippen LogP contribution in [0.15, 0.2) is 47.8 Å². The van der Waals surface area contributed by atoms with Gasteiger partial charge in [0.1, 0.15) is 0 Å². The van der Waals surface area contributed by atoms with Gasteiger partial charge in [0.15, 0.2) is 0 Å². The fourth-order valence-electron chi connectivity index (χ4n) is 2.43. The smallest absolute Gasteiger partial charge is 0.0536 e. The summed E-state index contributed by atoms with van der Waals surface area (Å²) < 4.78 is 0. The first kappa shape index (κ1) is 14.4. The first-order valence-corrected chi connectivity index (χ1v) is 10.3. The zero-order chi connectivity index (χ0) is 15.1. The number of hydrogen-bond acceptors (Lipinski definition) is 4. The maximum atomic E-state index is 2.37. The van der Waals surface area contributed by atoms with Gasteiger partial charge in [0.2, 0.25) is 0 Å². The van der Waals surface area contributed by atoms with Gasteiger partial charge in [-0.15, -0.1) is 45.3 Å². The van der Waals surface area contributed by atoms with Gasteiger partial charge in [0, 0.05) is 34.8 Å². The summed E-state index contributed by atoms with van der Waals surface area (Å²) in [5.41, 5.74) is 1.38. The molecule has 0 amide bonds. The van der Waals surface area contributed by atoms with Crippen LogP contribution in [-0.4, -0.2) is 0 Å². The highest BCUT2D eigenvalue weighted by atomic mass is 32.1. The van der Waals surface area contributed by atoms with E-state index in [0.29, 0.717) is 0 Å². The van der Waals surface area contributed by atoms with Crippen molar-refractivity contribution in [3.63, 3.8) is 0 Å². The molecule has 4 aromatic heterocycles. The van der Waals surface area contributed by atoms with E-state index in [9.17, 15) is 0 Å². The third-order valence-electron chi connectivity index (χ3n) is 3.47. The van der Waals surface area contributed by atoms with Gasteiger partial charge in [-0.3, -0.25) is 0 Å². The molecule has 22 heavy (non-hydrogen) atoms. The summed E-state index contributed by atoms with van der Waals surface area (Å²) in [6, 6.07) is 15.7. The first-order valence-electron chi connectivity index (χ1n) is 7.02. The van der Waals surface area contributed by atoms with Crippen LogP contribution >= 0.6 is 45.3 Å². The molecule has 0 aromatic carbocycles. The summed E-state index contributed by atoms with van der Waals surface area (Å²) in [6.07, 6.45) is 0. The molecule has 4 heteroatoms. The Morgan fingerprint density at radius 2 is 1.41 bits per heavy atom. The predicted molar refractivity (Wildman–Crippen MR) is 104 cm³/mol. The zero-order valence-corrected chi connectivity index (χ0v) is 15.5. The highest BCUT2D eigenvalue weighted by molar-refractivity contribution is 7.27. The van der Waals surface area contributed by atoms with Crippen LogP contribution in [0.3, 0.4) is 0 Å². The Hall–Kier alpha value is -1.20. The zero-order valence-electron chi connectivity index (χ0n) is 12.3. The van der Waals surface area contributed by atoms with Crippen LogP contribution in [-0.2, 0) is 0 Å². The van der Waals surface area contributed by atoms with Crippen molar-refractivity contribution in [3.8, 4) is 29.9 Å². The van der Waals surface area contributed by atoms with E-state index >= 15 is 0 Å². The van der Waals surface area contributed by atoms with E-state index < -0.39 is 0 Å². The van der Waals surface area contributed by atoms with Crippen molar-refractivity contribution in [2.45, 2.75) is 13.8 Å². The van der Waals surface area contributed by atoms with Crippen LogP contribution in [0, 0.1) is 13.8 Å². The van der Waals surface area contributed by atoms with Crippen LogP contribution in [0.2, 0.25) is 0 Å². The molecule has 4 heterocycles. The van der Waals surface area contributed by atoms with Gasteiger partial charge in [0.05, 0.1) is 4.88 Å². The van der Waals surface area contributed by atoms with Crippen LogP contribution in [0.1, 0.15) is 9.75 Å². The Morgan fingerprint density at radius 3 is 2.00 bits per heavy atom. The molecule has 110 valence electrons. The third-order valence-corrected chi connectivity index (χ3v) is 7.88. The Morgan fingerprint density at radius 1 is 0.682 bits per heavy atom. The van der Waals surface area contributed by atoms with Crippen LogP contribution < -0.4 is 0 Å². The van der Waals surface area contributed by atoms with Crippen LogP contribution in [0.25, 0.3) is 29.9 Å². The Kier molecular flexibility index (Phi) is 3.78. The quantitative estimate of drug-likeness (QED) is 0.354. The van der Waals surface area contributed by atoms with E-state index in [0.717, 1.165) is 0 Å². The summed E-state index contributed by atoms with van der Waals surface area (Å²) in [5, 5.41) is 2.15. The fraction of sp³-hybridized carbons (Fsp3) is 0.111. The number of rotatable bonds is 3. The molecule has 0 saturated carbocycles. The van der Waals surface area contributed by atoms with Gasteiger partial charge in [-0.1, -0.05) is 6.07 Å². The highest BCUT2D eigenvalue weighted by Gasteiger charge is 2.16. The largest absolute Gasteiger partial charge is 0.143 e. The molecular weight excluding hydrogens is 344 g/mol. The van der Waals surface area contributed by atoms with Crippen molar-refractivity contribution in [3.05, 3.63) is 57.6 Å². The number of thiophene rings is 4. The average Bonchev–Trinajstić information content (AvgIpc) is 3.24. The number of hydrogen-bond donors (Lipinski definition) is 0.